The lowest BCUT2D eigenvalue weighted by Gasteiger charge is -2.24. The zero-order valence-electron chi connectivity index (χ0n) is 6.88. The summed E-state index contributed by atoms with van der Waals surface area (Å²) in [6.45, 7) is 0.821. The van der Waals surface area contributed by atoms with Gasteiger partial charge < -0.3 is 16.8 Å². The van der Waals surface area contributed by atoms with Crippen LogP contribution in [0.25, 0.3) is 0 Å². The fourth-order valence-electron chi connectivity index (χ4n) is 1.59. The third kappa shape index (κ3) is 1.12. The van der Waals surface area contributed by atoms with Crippen molar-refractivity contribution in [2.45, 2.75) is 12.5 Å². The third-order valence-corrected chi connectivity index (χ3v) is 2.21. The van der Waals surface area contributed by atoms with E-state index in [1.54, 1.807) is 0 Å². The zero-order valence-corrected chi connectivity index (χ0v) is 6.88. The Balaban J connectivity index is 2.42. The largest absolute Gasteiger partial charge is 0.397 e. The van der Waals surface area contributed by atoms with E-state index in [0.717, 1.165) is 24.3 Å². The smallest absolute Gasteiger partial charge is 0.0607 e. The first-order chi connectivity index (χ1) is 5.77. The van der Waals surface area contributed by atoms with Crippen LogP contribution in [0.5, 0.6) is 0 Å². The molecule has 1 aromatic rings. The molecule has 3 heteroatoms. The molecule has 5 N–H and O–H groups in total. The number of anilines is 2. The molecule has 2 rings (SSSR count). The average Bonchev–Trinajstić information content (AvgIpc) is 2.04. The van der Waals surface area contributed by atoms with Gasteiger partial charge in [0.1, 0.15) is 0 Å². The minimum atomic E-state index is 0.222. The van der Waals surface area contributed by atoms with E-state index in [1.165, 1.54) is 5.56 Å². The lowest BCUT2D eigenvalue weighted by molar-refractivity contribution is 0.680. The molecule has 0 spiro atoms. The number of hydrogen-bond donors (Lipinski definition) is 3. The van der Waals surface area contributed by atoms with E-state index in [-0.39, 0.29) is 6.04 Å². The molecule has 1 atom stereocenters. The van der Waals surface area contributed by atoms with Crippen LogP contribution >= 0.6 is 0 Å². The lowest BCUT2D eigenvalue weighted by atomic mass is 9.99. The maximum absolute atomic E-state index is 5.80. The second kappa shape index (κ2) is 2.68. The Morgan fingerprint density at radius 1 is 1.42 bits per heavy atom. The summed E-state index contributed by atoms with van der Waals surface area (Å²) in [5.41, 5.74) is 14.7. The van der Waals surface area contributed by atoms with E-state index in [2.05, 4.69) is 11.4 Å². The Morgan fingerprint density at radius 2 is 2.25 bits per heavy atom. The minimum absolute atomic E-state index is 0.222. The molecule has 1 heterocycles. The van der Waals surface area contributed by atoms with Crippen LogP contribution in [0.15, 0.2) is 18.2 Å². The van der Waals surface area contributed by atoms with Crippen molar-refractivity contribution in [1.82, 2.24) is 0 Å². The van der Waals surface area contributed by atoms with Gasteiger partial charge in [0.05, 0.1) is 11.4 Å². The topological polar surface area (TPSA) is 64.1 Å². The number of nitrogens with two attached hydrogens (primary N) is 2. The van der Waals surface area contributed by atoms with Crippen LogP contribution in [0, 0.1) is 0 Å². The Labute approximate surface area is 71.8 Å². The monoisotopic (exact) mass is 163 g/mol. The number of fused-ring (bicyclic) bond motifs is 1. The first-order valence-electron chi connectivity index (χ1n) is 4.14. The normalized spacial score (nSPS) is 21.2. The molecule has 0 saturated carbocycles. The maximum Gasteiger partial charge on any atom is 0.0607 e. The van der Waals surface area contributed by atoms with Gasteiger partial charge in [0.2, 0.25) is 0 Å². The Morgan fingerprint density at radius 3 is 3.08 bits per heavy atom. The molecule has 0 radical (unpaired) electrons. The lowest BCUT2D eigenvalue weighted by Crippen LogP contribution is -2.35. The molecule has 3 nitrogen and oxygen atoms in total. The van der Waals surface area contributed by atoms with Gasteiger partial charge in [0.25, 0.3) is 0 Å². The van der Waals surface area contributed by atoms with Crippen LogP contribution in [-0.4, -0.2) is 12.6 Å². The minimum Gasteiger partial charge on any atom is -0.397 e. The standard InChI is InChI=1S/C9H13N3/c10-7-4-6-2-1-3-8(11)9(6)12-5-7/h1-3,7,12H,4-5,10-11H2. The van der Waals surface area contributed by atoms with E-state index in [0.29, 0.717) is 0 Å². The van der Waals surface area contributed by atoms with Gasteiger partial charge in [-0.25, -0.2) is 0 Å². The van der Waals surface area contributed by atoms with Gasteiger partial charge in [-0.2, -0.15) is 0 Å². The molecule has 0 saturated heterocycles. The molecule has 1 aromatic carbocycles. The van der Waals surface area contributed by atoms with Crippen molar-refractivity contribution < 1.29 is 0 Å². The van der Waals surface area contributed by atoms with Gasteiger partial charge >= 0.3 is 0 Å². The fraction of sp³-hybridized carbons (Fsp3) is 0.333. The molecule has 1 unspecified atom stereocenters. The van der Waals surface area contributed by atoms with E-state index in [4.69, 9.17) is 11.5 Å². The van der Waals surface area contributed by atoms with Crippen molar-refractivity contribution >= 4 is 11.4 Å². The molecule has 0 amide bonds. The summed E-state index contributed by atoms with van der Waals surface area (Å²) in [4.78, 5) is 0. The molecule has 0 bridgehead atoms. The van der Waals surface area contributed by atoms with E-state index >= 15 is 0 Å². The van der Waals surface area contributed by atoms with E-state index in [1.807, 2.05) is 12.1 Å². The van der Waals surface area contributed by atoms with Crippen molar-refractivity contribution in [1.29, 1.82) is 0 Å². The molecule has 12 heavy (non-hydrogen) atoms. The fourth-order valence-corrected chi connectivity index (χ4v) is 1.59. The molecule has 0 aliphatic carbocycles. The number of nitrogen functional groups attached to an aromatic ring is 1. The highest BCUT2D eigenvalue weighted by Gasteiger charge is 2.15. The van der Waals surface area contributed by atoms with Crippen LogP contribution < -0.4 is 16.8 Å². The number of hydrogen-bond acceptors (Lipinski definition) is 3. The molecule has 0 aromatic heterocycles. The number of para-hydroxylation sites is 1. The summed E-state index contributed by atoms with van der Waals surface area (Å²) in [7, 11) is 0. The summed E-state index contributed by atoms with van der Waals surface area (Å²) in [6.07, 6.45) is 0.924. The van der Waals surface area contributed by atoms with Crippen LogP contribution in [0.4, 0.5) is 11.4 Å². The summed E-state index contributed by atoms with van der Waals surface area (Å²) in [5, 5.41) is 3.23. The average molecular weight is 163 g/mol. The van der Waals surface area contributed by atoms with Crippen molar-refractivity contribution in [3.8, 4) is 0 Å². The predicted molar refractivity (Wildman–Crippen MR) is 51.0 cm³/mol. The van der Waals surface area contributed by atoms with Crippen molar-refractivity contribution in [3.05, 3.63) is 23.8 Å². The molecular weight excluding hydrogens is 150 g/mol. The molecule has 1 aliphatic rings. The molecule has 1 aliphatic heterocycles. The van der Waals surface area contributed by atoms with Crippen molar-refractivity contribution in [3.63, 3.8) is 0 Å². The van der Waals surface area contributed by atoms with Gasteiger partial charge in [-0.3, -0.25) is 0 Å². The van der Waals surface area contributed by atoms with Crippen LogP contribution in [0.1, 0.15) is 5.56 Å². The van der Waals surface area contributed by atoms with Gasteiger partial charge in [0, 0.05) is 12.6 Å². The molecule has 0 fully saturated rings. The number of nitrogens with one attached hydrogen (secondary N) is 1. The Hall–Kier alpha value is -1.22. The summed E-state index contributed by atoms with van der Waals surface area (Å²) in [5.74, 6) is 0. The highest BCUT2D eigenvalue weighted by atomic mass is 14.9. The summed E-state index contributed by atoms with van der Waals surface area (Å²) < 4.78 is 0. The molecule has 64 valence electrons. The van der Waals surface area contributed by atoms with E-state index < -0.39 is 0 Å². The van der Waals surface area contributed by atoms with Crippen LogP contribution in [0.2, 0.25) is 0 Å². The maximum atomic E-state index is 5.80. The Bertz CT molecular complexity index is 296. The van der Waals surface area contributed by atoms with Gasteiger partial charge in [-0.1, -0.05) is 12.1 Å². The quantitative estimate of drug-likeness (QED) is 0.490. The third-order valence-electron chi connectivity index (χ3n) is 2.21. The second-order valence-corrected chi connectivity index (χ2v) is 3.23. The van der Waals surface area contributed by atoms with Gasteiger partial charge in [-0.05, 0) is 18.1 Å². The summed E-state index contributed by atoms with van der Waals surface area (Å²) >= 11 is 0. The highest BCUT2D eigenvalue weighted by Crippen LogP contribution is 2.26. The highest BCUT2D eigenvalue weighted by molar-refractivity contribution is 5.71. The van der Waals surface area contributed by atoms with Gasteiger partial charge in [-0.15, -0.1) is 0 Å². The predicted octanol–water partition coefficient (Wildman–Crippen LogP) is 0.564. The van der Waals surface area contributed by atoms with Crippen LogP contribution in [0.3, 0.4) is 0 Å². The molecular formula is C9H13N3. The van der Waals surface area contributed by atoms with E-state index in [9.17, 15) is 0 Å². The van der Waals surface area contributed by atoms with Gasteiger partial charge in [0.15, 0.2) is 0 Å². The first kappa shape index (κ1) is 7.43. The van der Waals surface area contributed by atoms with Crippen molar-refractivity contribution in [2.75, 3.05) is 17.6 Å². The zero-order chi connectivity index (χ0) is 8.55. The van der Waals surface area contributed by atoms with Crippen molar-refractivity contribution in [2.24, 2.45) is 5.73 Å². The van der Waals surface area contributed by atoms with Crippen LogP contribution in [-0.2, 0) is 6.42 Å². The Kier molecular flexibility index (Phi) is 1.66. The first-order valence-corrected chi connectivity index (χ1v) is 4.14. The SMILES string of the molecule is Nc1cccc2c1NCC(N)C2. The number of rotatable bonds is 0. The number of benzene rings is 1. The summed E-state index contributed by atoms with van der Waals surface area (Å²) in [6, 6.07) is 6.16. The second-order valence-electron chi connectivity index (χ2n) is 3.23.